The van der Waals surface area contributed by atoms with Crippen molar-refractivity contribution in [3.8, 4) is 11.5 Å². The maximum absolute atomic E-state index is 12.3. The van der Waals surface area contributed by atoms with Crippen LogP contribution in [0.5, 0.6) is 0 Å². The van der Waals surface area contributed by atoms with Gasteiger partial charge in [0.15, 0.2) is 5.17 Å². The molecule has 2 aliphatic rings. The summed E-state index contributed by atoms with van der Waals surface area (Å²) in [5.74, 6) is 5.05. The summed E-state index contributed by atoms with van der Waals surface area (Å²) >= 11 is 1.43. The molecule has 318 valence electrons. The maximum atomic E-state index is 12.3. The Hall–Kier alpha value is -3.39. The van der Waals surface area contributed by atoms with Crippen molar-refractivity contribution in [1.29, 1.82) is 0 Å². The number of carbonyl (C=O) groups is 1. The van der Waals surface area contributed by atoms with Crippen molar-refractivity contribution in [2.45, 2.75) is 114 Å². The smallest absolute Gasteiger partial charge is 0.263 e. The van der Waals surface area contributed by atoms with Gasteiger partial charge in [0.05, 0.1) is 15.5 Å². The fourth-order valence-electron chi connectivity index (χ4n) is 6.10. The highest BCUT2D eigenvalue weighted by atomic mass is 32.2. The average molecular weight is 851 g/mol. The molecule has 0 bridgehead atoms. The topological polar surface area (TPSA) is 231 Å². The minimum absolute atomic E-state index is 0.154. The number of thioether (sulfide) groups is 1. The SMILES string of the molecule is CC(C)(C)S(=O)(=O)NCC1CCC(Nc2noc(-c3ccccc3)n2)CC1.CSC(=NC1CCC(CNS(=O)(=O)C(C)(C)C)CC1)NC(=O)c1ccccc1.NO. The van der Waals surface area contributed by atoms with Gasteiger partial charge in [0.25, 0.3) is 17.7 Å². The third-order valence-corrected chi connectivity index (χ3v) is 14.8. The van der Waals surface area contributed by atoms with E-state index in [1.54, 1.807) is 53.7 Å². The highest BCUT2D eigenvalue weighted by Gasteiger charge is 2.32. The van der Waals surface area contributed by atoms with Crippen molar-refractivity contribution < 1.29 is 31.4 Å². The zero-order valence-electron chi connectivity index (χ0n) is 34.2. The Labute approximate surface area is 343 Å². The first-order valence-electron chi connectivity index (χ1n) is 19.2. The first-order valence-corrected chi connectivity index (χ1v) is 23.4. The largest absolute Gasteiger partial charge is 0.349 e. The summed E-state index contributed by atoms with van der Waals surface area (Å²) in [6.07, 6.45) is 9.39. The molecule has 0 unspecified atom stereocenters. The monoisotopic (exact) mass is 850 g/mol. The molecule has 1 heterocycles. The molecule has 0 aliphatic heterocycles. The van der Waals surface area contributed by atoms with E-state index in [2.05, 4.69) is 36.1 Å². The summed E-state index contributed by atoms with van der Waals surface area (Å²) in [6, 6.07) is 19.2. The van der Waals surface area contributed by atoms with E-state index in [1.165, 1.54) is 11.8 Å². The van der Waals surface area contributed by atoms with Crippen LogP contribution in [0.4, 0.5) is 5.95 Å². The lowest BCUT2D eigenvalue weighted by atomic mass is 9.86. The lowest BCUT2D eigenvalue weighted by Crippen LogP contribution is -2.42. The molecule has 7 N–H and O–H groups in total. The van der Waals surface area contributed by atoms with E-state index in [1.807, 2.05) is 54.8 Å². The Bertz CT molecular complexity index is 1900. The van der Waals surface area contributed by atoms with Crippen LogP contribution in [0.2, 0.25) is 0 Å². The van der Waals surface area contributed by atoms with E-state index < -0.39 is 29.5 Å². The summed E-state index contributed by atoms with van der Waals surface area (Å²) in [4.78, 5) is 21.4. The predicted molar refractivity (Wildman–Crippen MR) is 229 cm³/mol. The first-order chi connectivity index (χ1) is 26.9. The second kappa shape index (κ2) is 22.1. The number of aliphatic imine (C=N–C) groups is 1. The Morgan fingerprint density at radius 3 is 1.74 bits per heavy atom. The fourth-order valence-corrected chi connectivity index (χ4v) is 8.33. The van der Waals surface area contributed by atoms with Crippen molar-refractivity contribution in [3.05, 3.63) is 66.2 Å². The molecule has 3 aromatic rings. The standard InChI is InChI=1S/C20H31N3O3S2.C19H28N4O3S.H3NO/c1-20(2,3)28(25,26)21-14-15-10-12-17(13-11-15)22-19(27-4)23-18(24)16-8-6-5-7-9-16;1-19(2,3)27(24,25)20-13-14-9-11-16(12-10-14)21-18-22-17(26-23-18)15-7-5-4-6-8-15;1-2/h5-9,15,17,21H,10-14H2,1-4H3,(H,22,23,24);4-8,14,16,20H,9-13H2,1-3H3,(H,21,23);2H,1H2. The average Bonchev–Trinajstić information content (AvgIpc) is 3.66. The van der Waals surface area contributed by atoms with Crippen LogP contribution >= 0.6 is 11.8 Å². The van der Waals surface area contributed by atoms with Gasteiger partial charge in [0, 0.05) is 30.3 Å². The molecular formula is C39H62N8O7S3. The molecule has 57 heavy (non-hydrogen) atoms. The summed E-state index contributed by atoms with van der Waals surface area (Å²) in [5.41, 5.74) is 1.51. The number of anilines is 1. The summed E-state index contributed by atoms with van der Waals surface area (Å²) in [5, 5.41) is 17.4. The number of amidine groups is 1. The number of nitrogens with zero attached hydrogens (tertiary/aromatic N) is 3. The lowest BCUT2D eigenvalue weighted by Gasteiger charge is -2.29. The van der Waals surface area contributed by atoms with Crippen LogP contribution in [0.3, 0.4) is 0 Å². The van der Waals surface area contributed by atoms with Gasteiger partial charge in [0.2, 0.25) is 20.0 Å². The molecule has 2 fully saturated rings. The van der Waals surface area contributed by atoms with Crippen molar-refractivity contribution in [2.75, 3.05) is 24.7 Å². The second-order valence-corrected chi connectivity index (χ2v) is 22.0. The van der Waals surface area contributed by atoms with Crippen LogP contribution < -0.4 is 26.0 Å². The van der Waals surface area contributed by atoms with Crippen LogP contribution in [-0.2, 0) is 20.0 Å². The molecule has 18 heteroatoms. The zero-order valence-corrected chi connectivity index (χ0v) is 36.6. The van der Waals surface area contributed by atoms with E-state index in [0.717, 1.165) is 56.9 Å². The van der Waals surface area contributed by atoms with Crippen molar-refractivity contribution in [2.24, 2.45) is 22.7 Å². The molecule has 5 rings (SSSR count). The van der Waals surface area contributed by atoms with Crippen LogP contribution in [-0.4, -0.2) is 84.2 Å². The van der Waals surface area contributed by atoms with Crippen LogP contribution in [0, 0.1) is 11.8 Å². The van der Waals surface area contributed by atoms with E-state index in [0.29, 0.717) is 47.5 Å². The van der Waals surface area contributed by atoms with Gasteiger partial charge in [-0.15, -0.1) is 0 Å². The Morgan fingerprint density at radius 1 is 0.789 bits per heavy atom. The summed E-state index contributed by atoms with van der Waals surface area (Å²) in [6.45, 7) is 11.2. The van der Waals surface area contributed by atoms with Crippen LogP contribution in [0.25, 0.3) is 11.5 Å². The number of amides is 1. The van der Waals surface area contributed by atoms with E-state index in [9.17, 15) is 21.6 Å². The van der Waals surface area contributed by atoms with Crippen LogP contribution in [0.15, 0.2) is 70.2 Å². The minimum atomic E-state index is -3.30. The number of hydrogen-bond donors (Lipinski definition) is 6. The van der Waals surface area contributed by atoms with E-state index >= 15 is 0 Å². The number of rotatable bonds is 11. The Morgan fingerprint density at radius 2 is 1.26 bits per heavy atom. The van der Waals surface area contributed by atoms with Gasteiger partial charge < -0.3 is 20.4 Å². The fraction of sp³-hybridized carbons (Fsp3) is 0.590. The van der Waals surface area contributed by atoms with E-state index in [4.69, 9.17) is 14.7 Å². The van der Waals surface area contributed by atoms with Crippen molar-refractivity contribution in [1.82, 2.24) is 24.9 Å². The van der Waals surface area contributed by atoms with Crippen molar-refractivity contribution >= 4 is 48.8 Å². The van der Waals surface area contributed by atoms with Gasteiger partial charge in [-0.05, 0) is 140 Å². The van der Waals surface area contributed by atoms with Crippen LogP contribution in [0.1, 0.15) is 103 Å². The number of sulfonamides is 2. The number of nitrogens with one attached hydrogen (secondary N) is 4. The highest BCUT2D eigenvalue weighted by Crippen LogP contribution is 2.29. The molecule has 1 amide bonds. The molecule has 2 aliphatic carbocycles. The number of benzene rings is 2. The van der Waals surface area contributed by atoms with Gasteiger partial charge in [-0.25, -0.2) is 32.2 Å². The van der Waals surface area contributed by atoms with Gasteiger partial charge in [-0.2, -0.15) is 4.98 Å². The molecule has 2 saturated carbocycles. The number of aromatic nitrogens is 2. The van der Waals surface area contributed by atoms with Crippen molar-refractivity contribution in [3.63, 3.8) is 0 Å². The third-order valence-electron chi connectivity index (χ3n) is 9.93. The van der Waals surface area contributed by atoms with Gasteiger partial charge in [-0.3, -0.25) is 9.79 Å². The minimum Gasteiger partial charge on any atom is -0.349 e. The van der Waals surface area contributed by atoms with Gasteiger partial charge in [-0.1, -0.05) is 48.2 Å². The summed E-state index contributed by atoms with van der Waals surface area (Å²) in [7, 11) is -6.58. The number of hydrogen-bond acceptors (Lipinski definition) is 13. The number of nitrogens with two attached hydrogens (primary N) is 1. The predicted octanol–water partition coefficient (Wildman–Crippen LogP) is 6.17. The molecule has 0 radical (unpaired) electrons. The molecule has 1 aromatic heterocycles. The Balaban J connectivity index is 0.000000293. The molecule has 0 spiro atoms. The van der Waals surface area contributed by atoms with E-state index in [-0.39, 0.29) is 18.0 Å². The summed E-state index contributed by atoms with van der Waals surface area (Å²) < 4.78 is 58.0. The quantitative estimate of drug-likeness (QED) is 0.0723. The maximum Gasteiger partial charge on any atom is 0.263 e. The lowest BCUT2D eigenvalue weighted by molar-refractivity contribution is 0.0977. The second-order valence-electron chi connectivity index (χ2n) is 16.2. The Kier molecular flexibility index (Phi) is 18.6. The zero-order chi connectivity index (χ0) is 42.3. The van der Waals surface area contributed by atoms with Gasteiger partial charge in [0.1, 0.15) is 0 Å². The highest BCUT2D eigenvalue weighted by molar-refractivity contribution is 8.13. The normalized spacial score (nSPS) is 20.6. The molecule has 15 nitrogen and oxygen atoms in total. The first kappa shape index (κ1) is 48.0. The third kappa shape index (κ3) is 15.4. The molecular weight excluding hydrogens is 789 g/mol. The molecule has 0 atom stereocenters. The molecule has 2 aromatic carbocycles. The molecule has 0 saturated heterocycles. The van der Waals surface area contributed by atoms with Gasteiger partial charge >= 0.3 is 0 Å². The number of carbonyl (C=O) groups excluding carboxylic acids is 1.